The Balaban J connectivity index is 1.77. The lowest BCUT2D eigenvalue weighted by Gasteiger charge is -2.33. The first kappa shape index (κ1) is 30.8. The van der Waals surface area contributed by atoms with Crippen LogP contribution in [-0.4, -0.2) is 13.2 Å². The smallest absolute Gasteiger partial charge is 0.284 e. The van der Waals surface area contributed by atoms with Crippen LogP contribution in [0, 0.1) is 6.92 Å². The van der Waals surface area contributed by atoms with Gasteiger partial charge < -0.3 is 9.47 Å². The summed E-state index contributed by atoms with van der Waals surface area (Å²) in [5.41, 5.74) is 10.1. The first-order valence-corrected chi connectivity index (χ1v) is 16.1. The number of aromatic nitrogens is 1. The standard InChI is InChI=1S/C40H48NO2/c1-8-11-14-31-17-19-32(20-18-31)33-21-22-36-35(27-33)39-28(4)25-34-15-12-13-16-37(34)41(39)38(23-24-40(36,9-2)10-3)43-30(6)26-29(5)42-7/h12-13,15-27,30,38H,8-11,14H2,1-7H3/q+1. The Bertz CT molecular complexity index is 1620. The molecule has 1 aliphatic heterocycles. The van der Waals surface area contributed by atoms with Gasteiger partial charge in [-0.1, -0.05) is 81.8 Å². The molecule has 3 heteroatoms. The zero-order valence-corrected chi connectivity index (χ0v) is 27.1. The molecule has 2 heterocycles. The van der Waals surface area contributed by atoms with Crippen LogP contribution in [0.25, 0.3) is 33.3 Å². The first-order valence-electron chi connectivity index (χ1n) is 16.1. The van der Waals surface area contributed by atoms with Gasteiger partial charge in [0.15, 0.2) is 0 Å². The van der Waals surface area contributed by atoms with Gasteiger partial charge in [-0.15, -0.1) is 0 Å². The van der Waals surface area contributed by atoms with E-state index >= 15 is 0 Å². The lowest BCUT2D eigenvalue weighted by atomic mass is 9.71. The molecule has 224 valence electrons. The van der Waals surface area contributed by atoms with Gasteiger partial charge in [-0.3, -0.25) is 0 Å². The molecule has 2 atom stereocenters. The van der Waals surface area contributed by atoms with Gasteiger partial charge in [0.2, 0.25) is 11.2 Å². The third-order valence-electron chi connectivity index (χ3n) is 9.34. The number of aryl methyl sites for hydroxylation is 2. The molecule has 2 unspecified atom stereocenters. The molecule has 0 radical (unpaired) electrons. The number of pyridine rings is 1. The van der Waals surface area contributed by atoms with Gasteiger partial charge in [0.25, 0.3) is 6.23 Å². The van der Waals surface area contributed by atoms with Crippen LogP contribution in [0.1, 0.15) is 83.2 Å². The van der Waals surface area contributed by atoms with E-state index in [2.05, 4.69) is 124 Å². The molecule has 0 saturated carbocycles. The lowest BCUT2D eigenvalue weighted by Crippen LogP contribution is -2.46. The van der Waals surface area contributed by atoms with Gasteiger partial charge >= 0.3 is 0 Å². The highest BCUT2D eigenvalue weighted by Crippen LogP contribution is 2.44. The van der Waals surface area contributed by atoms with Gasteiger partial charge in [0, 0.05) is 28.5 Å². The number of hydrogen-bond acceptors (Lipinski definition) is 2. The van der Waals surface area contributed by atoms with Crippen LogP contribution in [0.3, 0.4) is 0 Å². The SMILES string of the molecule is CCCCc1ccc(-c2ccc3c(c2)-c2c(C)cc4ccccc4[n+]2C(OC(C)C=C(C)OC)C=CC3(CC)CC)cc1. The number of hydrogen-bond donors (Lipinski definition) is 0. The van der Waals surface area contributed by atoms with Crippen molar-refractivity contribution >= 4 is 10.9 Å². The van der Waals surface area contributed by atoms with E-state index in [0.29, 0.717) is 0 Å². The number of benzene rings is 3. The van der Waals surface area contributed by atoms with Crippen molar-refractivity contribution in [2.75, 3.05) is 7.11 Å². The summed E-state index contributed by atoms with van der Waals surface area (Å²) >= 11 is 0. The molecule has 43 heavy (non-hydrogen) atoms. The lowest BCUT2D eigenvalue weighted by molar-refractivity contribution is -0.720. The number of rotatable bonds is 10. The normalized spacial score (nSPS) is 16.7. The van der Waals surface area contributed by atoms with Crippen molar-refractivity contribution in [2.24, 2.45) is 0 Å². The second-order valence-electron chi connectivity index (χ2n) is 12.1. The molecule has 0 fully saturated rings. The molecule has 4 aromatic rings. The molecule has 0 spiro atoms. The van der Waals surface area contributed by atoms with Crippen LogP contribution in [0.5, 0.6) is 0 Å². The number of allylic oxidation sites excluding steroid dienone is 2. The summed E-state index contributed by atoms with van der Waals surface area (Å²) in [6, 6.07) is 27.3. The van der Waals surface area contributed by atoms with Crippen molar-refractivity contribution in [1.29, 1.82) is 0 Å². The van der Waals surface area contributed by atoms with Crippen molar-refractivity contribution in [3.05, 3.63) is 113 Å². The van der Waals surface area contributed by atoms with Crippen LogP contribution in [0.2, 0.25) is 0 Å². The summed E-state index contributed by atoms with van der Waals surface area (Å²) in [7, 11) is 1.71. The second kappa shape index (κ2) is 13.3. The largest absolute Gasteiger partial charge is 0.502 e. The van der Waals surface area contributed by atoms with Gasteiger partial charge in [0.05, 0.1) is 24.5 Å². The van der Waals surface area contributed by atoms with Gasteiger partial charge in [-0.2, -0.15) is 4.57 Å². The molecular formula is C40H48NO2+. The summed E-state index contributed by atoms with van der Waals surface area (Å²) < 4.78 is 14.7. The van der Waals surface area contributed by atoms with Crippen molar-refractivity contribution in [2.45, 2.75) is 91.4 Å². The molecule has 0 saturated heterocycles. The minimum atomic E-state index is -0.289. The maximum absolute atomic E-state index is 6.87. The van der Waals surface area contributed by atoms with E-state index < -0.39 is 0 Å². The van der Waals surface area contributed by atoms with Crippen LogP contribution in [-0.2, 0) is 21.3 Å². The van der Waals surface area contributed by atoms with Crippen LogP contribution in [0.15, 0.2) is 96.8 Å². The Hall–Kier alpha value is -3.69. The Morgan fingerprint density at radius 2 is 1.67 bits per heavy atom. The topological polar surface area (TPSA) is 22.3 Å². The quantitative estimate of drug-likeness (QED) is 0.107. The highest BCUT2D eigenvalue weighted by Gasteiger charge is 2.38. The predicted octanol–water partition coefficient (Wildman–Crippen LogP) is 10.2. The predicted molar refractivity (Wildman–Crippen MR) is 180 cm³/mol. The molecule has 0 bridgehead atoms. The Morgan fingerprint density at radius 1 is 0.953 bits per heavy atom. The Kier molecular flexibility index (Phi) is 9.52. The molecule has 0 N–H and O–H groups in total. The van der Waals surface area contributed by atoms with E-state index in [0.717, 1.165) is 30.5 Å². The van der Waals surface area contributed by atoms with Crippen molar-refractivity contribution in [1.82, 2.24) is 0 Å². The monoisotopic (exact) mass is 574 g/mol. The summed E-state index contributed by atoms with van der Waals surface area (Å²) in [6.45, 7) is 13.2. The van der Waals surface area contributed by atoms with Gasteiger partial charge in [0.1, 0.15) is 0 Å². The second-order valence-corrected chi connectivity index (χ2v) is 12.1. The minimum Gasteiger partial charge on any atom is -0.502 e. The number of methoxy groups -OCH3 is 1. The van der Waals surface area contributed by atoms with Crippen LogP contribution < -0.4 is 4.57 Å². The van der Waals surface area contributed by atoms with Gasteiger partial charge in [-0.05, 0) is 93.0 Å². The van der Waals surface area contributed by atoms with Crippen molar-refractivity contribution in [3.8, 4) is 22.4 Å². The molecule has 0 amide bonds. The number of nitrogens with zero attached hydrogens (tertiary/aromatic N) is 1. The number of unbranched alkanes of at least 4 members (excludes halogenated alkanes) is 1. The van der Waals surface area contributed by atoms with E-state index in [1.54, 1.807) is 7.11 Å². The van der Waals surface area contributed by atoms with Crippen molar-refractivity contribution in [3.63, 3.8) is 0 Å². The zero-order chi connectivity index (χ0) is 30.6. The average Bonchev–Trinajstić information content (AvgIpc) is 3.02. The molecule has 1 aromatic heterocycles. The Morgan fingerprint density at radius 3 is 2.37 bits per heavy atom. The maximum Gasteiger partial charge on any atom is 0.284 e. The van der Waals surface area contributed by atoms with Crippen LogP contribution in [0.4, 0.5) is 0 Å². The number of fused-ring (bicyclic) bond motifs is 5. The first-order chi connectivity index (χ1) is 20.8. The third kappa shape index (κ3) is 6.19. The molecule has 0 aliphatic carbocycles. The molecule has 1 aliphatic rings. The molecule has 5 rings (SSSR count). The van der Waals surface area contributed by atoms with E-state index in [4.69, 9.17) is 9.47 Å². The summed E-state index contributed by atoms with van der Waals surface area (Å²) in [6.07, 6.45) is 11.9. The highest BCUT2D eigenvalue weighted by molar-refractivity contribution is 5.82. The van der Waals surface area contributed by atoms with E-state index in [9.17, 15) is 0 Å². The summed E-state index contributed by atoms with van der Waals surface area (Å²) in [5.74, 6) is 0.855. The summed E-state index contributed by atoms with van der Waals surface area (Å²) in [5, 5.41) is 1.21. The molecule has 3 nitrogen and oxygen atoms in total. The van der Waals surface area contributed by atoms with E-state index in [-0.39, 0.29) is 17.7 Å². The zero-order valence-electron chi connectivity index (χ0n) is 27.1. The Labute approximate surface area is 258 Å². The fourth-order valence-corrected chi connectivity index (χ4v) is 6.72. The fourth-order valence-electron chi connectivity index (χ4n) is 6.72. The number of ether oxygens (including phenoxy) is 2. The average molecular weight is 575 g/mol. The van der Waals surface area contributed by atoms with E-state index in [1.165, 1.54) is 57.3 Å². The maximum atomic E-state index is 6.87. The minimum absolute atomic E-state index is 0.0999. The molecule has 3 aromatic carbocycles. The van der Waals surface area contributed by atoms with E-state index in [1.807, 2.05) is 13.0 Å². The third-order valence-corrected chi connectivity index (χ3v) is 9.34. The number of para-hydroxylation sites is 1. The molecular weight excluding hydrogens is 526 g/mol. The van der Waals surface area contributed by atoms with Crippen molar-refractivity contribution < 1.29 is 14.0 Å². The van der Waals surface area contributed by atoms with Crippen LogP contribution >= 0.6 is 0 Å². The highest BCUT2D eigenvalue weighted by atomic mass is 16.5. The fraction of sp³-hybridized carbons (Fsp3) is 0.375. The van der Waals surface area contributed by atoms with Gasteiger partial charge in [-0.25, -0.2) is 0 Å². The summed E-state index contributed by atoms with van der Waals surface area (Å²) in [4.78, 5) is 0.